The predicted molar refractivity (Wildman–Crippen MR) is 64.8 cm³/mol. The van der Waals surface area contributed by atoms with Crippen LogP contribution in [0.5, 0.6) is 0 Å². The van der Waals surface area contributed by atoms with Crippen molar-refractivity contribution in [1.82, 2.24) is 5.32 Å². The zero-order chi connectivity index (χ0) is 10.8. The molecule has 0 aromatic rings. The fourth-order valence-electron chi connectivity index (χ4n) is 3.08. The Balaban J connectivity index is 1.69. The molecule has 2 aliphatic rings. The SMILES string of the molecule is CCC1(NCCC2(CN)CCC2)CCC1. The van der Waals surface area contributed by atoms with E-state index in [1.54, 1.807) is 0 Å². The van der Waals surface area contributed by atoms with Crippen molar-refractivity contribution in [2.45, 2.75) is 63.8 Å². The molecule has 88 valence electrons. The van der Waals surface area contributed by atoms with Gasteiger partial charge in [0.15, 0.2) is 0 Å². The Morgan fingerprint density at radius 1 is 1.13 bits per heavy atom. The van der Waals surface area contributed by atoms with Gasteiger partial charge in [0.1, 0.15) is 0 Å². The Bertz CT molecular complexity index is 172. The van der Waals surface area contributed by atoms with Gasteiger partial charge in [-0.05, 0) is 63.5 Å². The van der Waals surface area contributed by atoms with Crippen LogP contribution in [-0.4, -0.2) is 18.6 Å². The number of nitrogens with one attached hydrogen (secondary N) is 1. The summed E-state index contributed by atoms with van der Waals surface area (Å²) in [7, 11) is 0. The highest BCUT2D eigenvalue weighted by atomic mass is 15.0. The van der Waals surface area contributed by atoms with Crippen LogP contribution in [0.4, 0.5) is 0 Å². The molecule has 0 bridgehead atoms. The number of hydrogen-bond acceptors (Lipinski definition) is 2. The van der Waals surface area contributed by atoms with Crippen LogP contribution in [0.2, 0.25) is 0 Å². The molecule has 0 spiro atoms. The van der Waals surface area contributed by atoms with E-state index in [0.717, 1.165) is 6.54 Å². The van der Waals surface area contributed by atoms with Gasteiger partial charge in [0, 0.05) is 5.54 Å². The third kappa shape index (κ3) is 2.21. The van der Waals surface area contributed by atoms with Crippen molar-refractivity contribution in [1.29, 1.82) is 0 Å². The van der Waals surface area contributed by atoms with Crippen LogP contribution in [-0.2, 0) is 0 Å². The number of nitrogens with two attached hydrogens (primary N) is 1. The molecule has 3 N–H and O–H groups in total. The maximum atomic E-state index is 5.87. The fourth-order valence-corrected chi connectivity index (χ4v) is 3.08. The number of rotatable bonds is 6. The Morgan fingerprint density at radius 3 is 2.13 bits per heavy atom. The average molecular weight is 210 g/mol. The Kier molecular flexibility index (Phi) is 3.36. The largest absolute Gasteiger partial charge is 0.330 e. The standard InChI is InChI=1S/C13H26N2/c1-2-13(7-4-8-13)15-10-9-12(11-14)5-3-6-12/h15H,2-11,14H2,1H3. The minimum Gasteiger partial charge on any atom is -0.330 e. The van der Waals surface area contributed by atoms with Gasteiger partial charge in [-0.1, -0.05) is 13.3 Å². The molecule has 0 aromatic heterocycles. The van der Waals surface area contributed by atoms with Gasteiger partial charge in [-0.15, -0.1) is 0 Å². The van der Waals surface area contributed by atoms with Gasteiger partial charge in [0.2, 0.25) is 0 Å². The Hall–Kier alpha value is -0.0800. The summed E-state index contributed by atoms with van der Waals surface area (Å²) in [6, 6.07) is 0. The van der Waals surface area contributed by atoms with E-state index < -0.39 is 0 Å². The number of hydrogen-bond donors (Lipinski definition) is 2. The topological polar surface area (TPSA) is 38.0 Å². The van der Waals surface area contributed by atoms with E-state index >= 15 is 0 Å². The molecule has 2 saturated carbocycles. The van der Waals surface area contributed by atoms with E-state index in [9.17, 15) is 0 Å². The third-order valence-electron chi connectivity index (χ3n) is 4.99. The summed E-state index contributed by atoms with van der Waals surface area (Å²) >= 11 is 0. The van der Waals surface area contributed by atoms with Gasteiger partial charge < -0.3 is 11.1 Å². The Labute approximate surface area is 94.0 Å². The highest BCUT2D eigenvalue weighted by molar-refractivity contribution is 4.96. The molecule has 15 heavy (non-hydrogen) atoms. The normalized spacial score (nSPS) is 26.8. The van der Waals surface area contributed by atoms with Crippen molar-refractivity contribution >= 4 is 0 Å². The molecule has 2 rings (SSSR count). The van der Waals surface area contributed by atoms with Crippen molar-refractivity contribution in [3.63, 3.8) is 0 Å². The van der Waals surface area contributed by atoms with Gasteiger partial charge in [-0.2, -0.15) is 0 Å². The molecule has 2 heteroatoms. The maximum Gasteiger partial charge on any atom is 0.0178 e. The first-order chi connectivity index (χ1) is 7.24. The van der Waals surface area contributed by atoms with Gasteiger partial charge >= 0.3 is 0 Å². The van der Waals surface area contributed by atoms with Gasteiger partial charge in [0.05, 0.1) is 0 Å². The second-order valence-corrected chi connectivity index (χ2v) is 5.72. The first-order valence-corrected chi connectivity index (χ1v) is 6.69. The smallest absolute Gasteiger partial charge is 0.0178 e. The van der Waals surface area contributed by atoms with Crippen LogP contribution in [0.3, 0.4) is 0 Å². The molecule has 0 unspecified atom stereocenters. The lowest BCUT2D eigenvalue weighted by molar-refractivity contribution is 0.111. The molecule has 0 heterocycles. The summed E-state index contributed by atoms with van der Waals surface area (Å²) in [6.45, 7) is 4.40. The summed E-state index contributed by atoms with van der Waals surface area (Å²) < 4.78 is 0. The molecule has 0 amide bonds. The van der Waals surface area contributed by atoms with Crippen LogP contribution in [0.1, 0.15) is 58.3 Å². The van der Waals surface area contributed by atoms with Crippen LogP contribution >= 0.6 is 0 Å². The fraction of sp³-hybridized carbons (Fsp3) is 1.00. The lowest BCUT2D eigenvalue weighted by atomic mass is 9.66. The molecule has 0 aromatic carbocycles. The first-order valence-electron chi connectivity index (χ1n) is 6.69. The lowest BCUT2D eigenvalue weighted by Gasteiger charge is -2.45. The minimum atomic E-state index is 0.513. The zero-order valence-corrected chi connectivity index (χ0v) is 10.1. The molecular formula is C13H26N2. The van der Waals surface area contributed by atoms with Crippen molar-refractivity contribution < 1.29 is 0 Å². The van der Waals surface area contributed by atoms with Crippen molar-refractivity contribution in [2.24, 2.45) is 11.1 Å². The summed E-state index contributed by atoms with van der Waals surface area (Å²) in [6.07, 6.45) is 10.9. The van der Waals surface area contributed by atoms with E-state index in [0.29, 0.717) is 11.0 Å². The third-order valence-corrected chi connectivity index (χ3v) is 4.99. The molecule has 0 radical (unpaired) electrons. The summed E-state index contributed by atoms with van der Waals surface area (Å²) in [5.41, 5.74) is 6.90. The predicted octanol–water partition coefficient (Wildman–Crippen LogP) is 2.43. The van der Waals surface area contributed by atoms with E-state index in [4.69, 9.17) is 5.73 Å². The Morgan fingerprint density at radius 2 is 1.80 bits per heavy atom. The lowest BCUT2D eigenvalue weighted by Crippen LogP contribution is -2.52. The van der Waals surface area contributed by atoms with Crippen LogP contribution < -0.4 is 11.1 Å². The van der Waals surface area contributed by atoms with Crippen LogP contribution in [0.15, 0.2) is 0 Å². The molecule has 0 aliphatic heterocycles. The molecular weight excluding hydrogens is 184 g/mol. The van der Waals surface area contributed by atoms with Crippen molar-refractivity contribution in [2.75, 3.05) is 13.1 Å². The molecule has 2 nitrogen and oxygen atoms in total. The summed E-state index contributed by atoms with van der Waals surface area (Å²) in [5, 5.41) is 3.78. The van der Waals surface area contributed by atoms with Crippen molar-refractivity contribution in [3.8, 4) is 0 Å². The van der Waals surface area contributed by atoms with Gasteiger partial charge in [0.25, 0.3) is 0 Å². The minimum absolute atomic E-state index is 0.513. The molecule has 2 fully saturated rings. The molecule has 0 atom stereocenters. The highest BCUT2D eigenvalue weighted by Gasteiger charge is 2.37. The zero-order valence-electron chi connectivity index (χ0n) is 10.1. The highest BCUT2D eigenvalue weighted by Crippen LogP contribution is 2.43. The summed E-state index contributed by atoms with van der Waals surface area (Å²) in [4.78, 5) is 0. The van der Waals surface area contributed by atoms with Crippen LogP contribution in [0, 0.1) is 5.41 Å². The van der Waals surface area contributed by atoms with E-state index in [-0.39, 0.29) is 0 Å². The van der Waals surface area contributed by atoms with Gasteiger partial charge in [-0.3, -0.25) is 0 Å². The van der Waals surface area contributed by atoms with Crippen LogP contribution in [0.25, 0.3) is 0 Å². The van der Waals surface area contributed by atoms with E-state index in [1.807, 2.05) is 0 Å². The first kappa shape index (κ1) is 11.4. The maximum absolute atomic E-state index is 5.87. The van der Waals surface area contributed by atoms with E-state index in [1.165, 1.54) is 57.9 Å². The van der Waals surface area contributed by atoms with E-state index in [2.05, 4.69) is 12.2 Å². The molecule has 0 saturated heterocycles. The average Bonchev–Trinajstić information content (AvgIpc) is 2.14. The second kappa shape index (κ2) is 4.42. The second-order valence-electron chi connectivity index (χ2n) is 5.72. The summed E-state index contributed by atoms with van der Waals surface area (Å²) in [5.74, 6) is 0. The van der Waals surface area contributed by atoms with Crippen molar-refractivity contribution in [3.05, 3.63) is 0 Å². The monoisotopic (exact) mass is 210 g/mol. The molecule has 2 aliphatic carbocycles. The van der Waals surface area contributed by atoms with Gasteiger partial charge in [-0.25, -0.2) is 0 Å². The quantitative estimate of drug-likeness (QED) is 0.706.